The number of hydrogen-bond donors (Lipinski definition) is 1. The molecule has 1 aromatic heterocycles. The van der Waals surface area contributed by atoms with E-state index in [-0.39, 0.29) is 5.91 Å². The summed E-state index contributed by atoms with van der Waals surface area (Å²) < 4.78 is 10.5. The molecule has 7 nitrogen and oxygen atoms in total. The number of nitrogens with one attached hydrogen (secondary N) is 1. The fourth-order valence-electron chi connectivity index (χ4n) is 2.87. The number of carbonyl (C=O) groups is 1. The van der Waals surface area contributed by atoms with Crippen LogP contribution in [0.5, 0.6) is 11.5 Å². The summed E-state index contributed by atoms with van der Waals surface area (Å²) in [6, 6.07) is 6.97. The van der Waals surface area contributed by atoms with Crippen LogP contribution in [0.3, 0.4) is 0 Å². The van der Waals surface area contributed by atoms with Gasteiger partial charge in [-0.3, -0.25) is 4.79 Å². The number of anilines is 2. The van der Waals surface area contributed by atoms with Crippen LogP contribution in [0.4, 0.5) is 11.5 Å². The van der Waals surface area contributed by atoms with Gasteiger partial charge in [0.2, 0.25) is 0 Å². The highest BCUT2D eigenvalue weighted by atomic mass is 16.5. The largest absolute Gasteiger partial charge is 0.497 e. The molecule has 2 aromatic rings. The smallest absolute Gasteiger partial charge is 0.274 e. The lowest BCUT2D eigenvalue weighted by atomic mass is 10.2. The third-order valence-electron chi connectivity index (χ3n) is 4.14. The molecular weight excluding hydrogens is 320 g/mol. The summed E-state index contributed by atoms with van der Waals surface area (Å²) in [4.78, 5) is 23.6. The molecule has 1 saturated heterocycles. The highest BCUT2D eigenvalue weighted by Crippen LogP contribution is 2.29. The van der Waals surface area contributed by atoms with Crippen LogP contribution < -0.4 is 19.7 Å². The molecule has 2 heterocycles. The number of rotatable bonds is 5. The quantitative estimate of drug-likeness (QED) is 0.900. The van der Waals surface area contributed by atoms with Crippen LogP contribution in [0, 0.1) is 6.92 Å². The lowest BCUT2D eigenvalue weighted by Crippen LogP contribution is -2.22. The fourth-order valence-corrected chi connectivity index (χ4v) is 2.87. The first-order chi connectivity index (χ1) is 12.1. The Bertz CT molecular complexity index is 773. The van der Waals surface area contributed by atoms with Crippen LogP contribution in [0.15, 0.2) is 24.3 Å². The minimum absolute atomic E-state index is 0.308. The molecule has 0 atom stereocenters. The normalized spacial score (nSPS) is 13.6. The molecule has 132 valence electrons. The summed E-state index contributed by atoms with van der Waals surface area (Å²) in [5.41, 5.74) is 0.866. The van der Waals surface area contributed by atoms with Gasteiger partial charge >= 0.3 is 0 Å². The molecular formula is C18H22N4O3. The fraction of sp³-hybridized carbons (Fsp3) is 0.389. The molecule has 0 radical (unpaired) electrons. The number of aryl methyl sites for hydroxylation is 1. The molecule has 25 heavy (non-hydrogen) atoms. The minimum atomic E-state index is -0.308. The number of hydrogen-bond acceptors (Lipinski definition) is 6. The molecule has 1 fully saturated rings. The lowest BCUT2D eigenvalue weighted by Gasteiger charge is -2.17. The zero-order valence-corrected chi connectivity index (χ0v) is 14.7. The van der Waals surface area contributed by atoms with Gasteiger partial charge < -0.3 is 19.7 Å². The number of carbonyl (C=O) groups excluding carboxylic acids is 1. The summed E-state index contributed by atoms with van der Waals surface area (Å²) in [5, 5.41) is 2.84. The second kappa shape index (κ2) is 7.38. The molecule has 0 saturated carbocycles. The number of nitrogens with zero attached hydrogens (tertiary/aromatic N) is 3. The molecule has 1 amide bonds. The van der Waals surface area contributed by atoms with Crippen molar-refractivity contribution >= 4 is 17.4 Å². The molecule has 0 aliphatic carbocycles. The average Bonchev–Trinajstić information content (AvgIpc) is 3.15. The minimum Gasteiger partial charge on any atom is -0.497 e. The summed E-state index contributed by atoms with van der Waals surface area (Å²) in [6.45, 7) is 3.71. The maximum absolute atomic E-state index is 12.7. The highest BCUT2D eigenvalue weighted by molar-refractivity contribution is 6.04. The molecule has 1 N–H and O–H groups in total. The first-order valence-corrected chi connectivity index (χ1v) is 8.24. The predicted molar refractivity (Wildman–Crippen MR) is 95.7 cm³/mol. The van der Waals surface area contributed by atoms with Crippen LogP contribution in [0.25, 0.3) is 0 Å². The highest BCUT2D eigenvalue weighted by Gasteiger charge is 2.18. The first-order valence-electron chi connectivity index (χ1n) is 8.24. The maximum atomic E-state index is 12.7. The molecule has 0 spiro atoms. The van der Waals surface area contributed by atoms with Crippen molar-refractivity contribution in [2.75, 3.05) is 37.5 Å². The third kappa shape index (κ3) is 3.81. The van der Waals surface area contributed by atoms with Crippen molar-refractivity contribution in [3.05, 3.63) is 35.8 Å². The first kappa shape index (κ1) is 17.0. The van der Waals surface area contributed by atoms with Crippen LogP contribution >= 0.6 is 0 Å². The monoisotopic (exact) mass is 342 g/mol. The Balaban J connectivity index is 1.86. The van der Waals surface area contributed by atoms with Gasteiger partial charge in [0.1, 0.15) is 28.8 Å². The second-order valence-corrected chi connectivity index (χ2v) is 5.87. The maximum Gasteiger partial charge on any atom is 0.274 e. The summed E-state index contributed by atoms with van der Waals surface area (Å²) in [6.07, 6.45) is 2.29. The van der Waals surface area contributed by atoms with E-state index >= 15 is 0 Å². The van der Waals surface area contributed by atoms with Gasteiger partial charge in [-0.1, -0.05) is 0 Å². The number of benzene rings is 1. The average molecular weight is 342 g/mol. The van der Waals surface area contributed by atoms with Crippen LogP contribution in [0.1, 0.15) is 29.2 Å². The van der Waals surface area contributed by atoms with Crippen molar-refractivity contribution in [1.29, 1.82) is 0 Å². The SMILES string of the molecule is COc1ccc(OC)c(NC(=O)c2cc(N3CCCC3)nc(C)n2)c1. The number of amides is 1. The molecule has 1 aliphatic rings. The van der Waals surface area contributed by atoms with Crippen molar-refractivity contribution < 1.29 is 14.3 Å². The van der Waals surface area contributed by atoms with Crippen LogP contribution in [-0.2, 0) is 0 Å². The van der Waals surface area contributed by atoms with E-state index in [1.54, 1.807) is 45.4 Å². The number of ether oxygens (including phenoxy) is 2. The van der Waals surface area contributed by atoms with E-state index in [2.05, 4.69) is 20.2 Å². The Labute approximate surface area is 147 Å². The van der Waals surface area contributed by atoms with Gasteiger partial charge in [-0.05, 0) is 31.9 Å². The second-order valence-electron chi connectivity index (χ2n) is 5.87. The zero-order chi connectivity index (χ0) is 17.8. The Morgan fingerprint density at radius 3 is 2.56 bits per heavy atom. The zero-order valence-electron chi connectivity index (χ0n) is 14.7. The van der Waals surface area contributed by atoms with Crippen LogP contribution in [0.2, 0.25) is 0 Å². The molecule has 7 heteroatoms. The van der Waals surface area contributed by atoms with E-state index in [9.17, 15) is 4.79 Å². The van der Waals surface area contributed by atoms with E-state index in [1.807, 2.05) is 0 Å². The number of methoxy groups -OCH3 is 2. The van der Waals surface area contributed by atoms with Crippen molar-refractivity contribution in [2.45, 2.75) is 19.8 Å². The Hall–Kier alpha value is -2.83. The van der Waals surface area contributed by atoms with E-state index in [0.29, 0.717) is 28.7 Å². The van der Waals surface area contributed by atoms with Gasteiger partial charge in [0.05, 0.1) is 19.9 Å². The van der Waals surface area contributed by atoms with Crippen molar-refractivity contribution in [3.63, 3.8) is 0 Å². The van der Waals surface area contributed by atoms with Gasteiger partial charge in [-0.2, -0.15) is 0 Å². The topological polar surface area (TPSA) is 76.6 Å². The Morgan fingerprint density at radius 1 is 1.12 bits per heavy atom. The van der Waals surface area contributed by atoms with Crippen molar-refractivity contribution in [1.82, 2.24) is 9.97 Å². The van der Waals surface area contributed by atoms with Gasteiger partial charge in [0, 0.05) is 25.2 Å². The van der Waals surface area contributed by atoms with Gasteiger partial charge in [0.15, 0.2) is 0 Å². The van der Waals surface area contributed by atoms with E-state index in [1.165, 1.54) is 0 Å². The van der Waals surface area contributed by atoms with Crippen molar-refractivity contribution in [3.8, 4) is 11.5 Å². The predicted octanol–water partition coefficient (Wildman–Crippen LogP) is 2.65. The van der Waals surface area contributed by atoms with E-state index in [4.69, 9.17) is 9.47 Å². The van der Waals surface area contributed by atoms with E-state index < -0.39 is 0 Å². The van der Waals surface area contributed by atoms with E-state index in [0.717, 1.165) is 31.7 Å². The summed E-state index contributed by atoms with van der Waals surface area (Å²) in [7, 11) is 3.13. The van der Waals surface area contributed by atoms with Crippen LogP contribution in [-0.4, -0.2) is 43.2 Å². The summed E-state index contributed by atoms with van der Waals surface area (Å²) >= 11 is 0. The van der Waals surface area contributed by atoms with Crippen molar-refractivity contribution in [2.24, 2.45) is 0 Å². The molecule has 1 aliphatic heterocycles. The molecule has 1 aromatic carbocycles. The number of aromatic nitrogens is 2. The molecule has 0 bridgehead atoms. The Morgan fingerprint density at radius 2 is 1.88 bits per heavy atom. The lowest BCUT2D eigenvalue weighted by molar-refractivity contribution is 0.102. The molecule has 0 unspecified atom stereocenters. The summed E-state index contributed by atoms with van der Waals surface area (Å²) in [5.74, 6) is 2.25. The molecule has 3 rings (SSSR count). The standard InChI is InChI=1S/C18H22N4O3/c1-12-19-15(11-17(20-12)22-8-4-5-9-22)18(23)21-14-10-13(24-2)6-7-16(14)25-3/h6-7,10-11H,4-5,8-9H2,1-3H3,(H,21,23). The van der Waals surface area contributed by atoms with Gasteiger partial charge in [-0.15, -0.1) is 0 Å². The Kier molecular flexibility index (Phi) is 5.02. The third-order valence-corrected chi connectivity index (χ3v) is 4.14. The van der Waals surface area contributed by atoms with Gasteiger partial charge in [-0.25, -0.2) is 9.97 Å². The van der Waals surface area contributed by atoms with Gasteiger partial charge in [0.25, 0.3) is 5.91 Å².